The van der Waals surface area contributed by atoms with Crippen molar-refractivity contribution in [3.63, 3.8) is 0 Å². The molecule has 0 unspecified atom stereocenters. The van der Waals surface area contributed by atoms with Crippen LogP contribution in [0.3, 0.4) is 0 Å². The van der Waals surface area contributed by atoms with E-state index in [1.807, 2.05) is 4.57 Å². The van der Waals surface area contributed by atoms with E-state index in [4.69, 9.17) is 8.83 Å². The molecule has 1 aliphatic rings. The molecule has 4 aromatic rings. The number of hydrogen-bond donors (Lipinski definition) is 0. The molecular weight excluding hydrogens is 431 g/mol. The van der Waals surface area contributed by atoms with Gasteiger partial charge in [0.15, 0.2) is 16.7 Å². The summed E-state index contributed by atoms with van der Waals surface area (Å²) in [7, 11) is 0. The second-order valence-corrected chi connectivity index (χ2v) is 8.63. The van der Waals surface area contributed by atoms with E-state index < -0.39 is 0 Å². The molecule has 0 N–H and O–H groups in total. The predicted octanol–water partition coefficient (Wildman–Crippen LogP) is 4.89. The predicted molar refractivity (Wildman–Crippen MR) is 117 cm³/mol. The van der Waals surface area contributed by atoms with Gasteiger partial charge in [-0.2, -0.15) is 0 Å². The van der Waals surface area contributed by atoms with Crippen LogP contribution in [-0.4, -0.2) is 43.0 Å². The minimum atomic E-state index is -0.280. The van der Waals surface area contributed by atoms with Crippen molar-refractivity contribution in [1.29, 1.82) is 0 Å². The third-order valence-corrected chi connectivity index (χ3v) is 6.49. The molecule has 1 atom stereocenters. The number of hydrogen-bond acceptors (Lipinski definition) is 8. The van der Waals surface area contributed by atoms with Gasteiger partial charge < -0.3 is 8.83 Å². The maximum Gasteiger partial charge on any atom is 0.283 e. The van der Waals surface area contributed by atoms with Crippen molar-refractivity contribution >= 4 is 11.8 Å². The molecule has 32 heavy (non-hydrogen) atoms. The first kappa shape index (κ1) is 20.9. The Morgan fingerprint density at radius 1 is 1.03 bits per heavy atom. The highest BCUT2D eigenvalue weighted by Gasteiger charge is 2.26. The van der Waals surface area contributed by atoms with Crippen LogP contribution in [-0.2, 0) is 5.75 Å². The van der Waals surface area contributed by atoms with E-state index in [2.05, 4.69) is 32.2 Å². The number of benzene rings is 1. The maximum absolute atomic E-state index is 13.6. The van der Waals surface area contributed by atoms with Crippen molar-refractivity contribution in [3.05, 3.63) is 60.2 Å². The molecule has 0 amide bonds. The average Bonchev–Trinajstić information content (AvgIpc) is 3.59. The number of furan rings is 1. The van der Waals surface area contributed by atoms with Crippen molar-refractivity contribution in [2.45, 2.75) is 43.1 Å². The van der Waals surface area contributed by atoms with Crippen LogP contribution in [0.2, 0.25) is 0 Å². The number of nitrogens with zero attached hydrogens (tertiary/aromatic N) is 6. The van der Waals surface area contributed by atoms with Gasteiger partial charge in [0, 0.05) is 5.69 Å². The second-order valence-electron chi connectivity index (χ2n) is 7.69. The number of likely N-dealkylation sites (tertiary alicyclic amines) is 1. The third kappa shape index (κ3) is 4.33. The van der Waals surface area contributed by atoms with Gasteiger partial charge in [0.05, 0.1) is 18.1 Å². The Hall–Kier alpha value is -2.98. The van der Waals surface area contributed by atoms with Crippen molar-refractivity contribution in [3.8, 4) is 17.3 Å². The summed E-state index contributed by atoms with van der Waals surface area (Å²) in [5, 5.41) is 17.8. The van der Waals surface area contributed by atoms with Gasteiger partial charge in [-0.05, 0) is 69.3 Å². The summed E-state index contributed by atoms with van der Waals surface area (Å²) in [5.41, 5.74) is 0.819. The Balaban J connectivity index is 1.41. The standard InChI is InChI=1S/C22H23FN6O2S/c1-15(28-11-3-2-4-12-28)20-25-27-22(29(20)17-9-7-16(23)8-10-17)32-14-19-24-26-21(31-19)18-6-5-13-30-18/h5-10,13,15H,2-4,11-12,14H2,1H3/t15-/m0/s1. The van der Waals surface area contributed by atoms with Crippen LogP contribution in [0.5, 0.6) is 0 Å². The van der Waals surface area contributed by atoms with Crippen molar-refractivity contribution in [2.75, 3.05) is 13.1 Å². The van der Waals surface area contributed by atoms with Crippen LogP contribution in [0.1, 0.15) is 43.9 Å². The van der Waals surface area contributed by atoms with Crippen molar-refractivity contribution in [1.82, 2.24) is 29.9 Å². The number of halogens is 1. The Bertz CT molecular complexity index is 1150. The second kappa shape index (κ2) is 9.25. The Morgan fingerprint density at radius 3 is 2.59 bits per heavy atom. The van der Waals surface area contributed by atoms with Gasteiger partial charge >= 0.3 is 0 Å². The first-order chi connectivity index (χ1) is 15.7. The summed E-state index contributed by atoms with van der Waals surface area (Å²) < 4.78 is 26.6. The fraction of sp³-hybridized carbons (Fsp3) is 0.364. The highest BCUT2D eigenvalue weighted by molar-refractivity contribution is 7.98. The summed E-state index contributed by atoms with van der Waals surface area (Å²) in [6, 6.07) is 10.0. The molecule has 1 aliphatic heterocycles. The van der Waals surface area contributed by atoms with Gasteiger partial charge in [-0.15, -0.1) is 20.4 Å². The smallest absolute Gasteiger partial charge is 0.283 e. The van der Waals surface area contributed by atoms with Gasteiger partial charge in [0.25, 0.3) is 5.89 Å². The quantitative estimate of drug-likeness (QED) is 0.365. The maximum atomic E-state index is 13.6. The summed E-state index contributed by atoms with van der Waals surface area (Å²) in [5.74, 6) is 2.30. The molecule has 0 saturated carbocycles. The van der Waals surface area contributed by atoms with E-state index in [0.29, 0.717) is 28.5 Å². The first-order valence-corrected chi connectivity index (χ1v) is 11.6. The molecular formula is C22H23FN6O2S. The van der Waals surface area contributed by atoms with E-state index in [-0.39, 0.29) is 11.9 Å². The van der Waals surface area contributed by atoms with Gasteiger partial charge in [0.2, 0.25) is 5.89 Å². The number of rotatable bonds is 7. The lowest BCUT2D eigenvalue weighted by Gasteiger charge is -2.31. The molecule has 0 radical (unpaired) electrons. The normalized spacial score (nSPS) is 15.8. The lowest BCUT2D eigenvalue weighted by Crippen LogP contribution is -2.33. The van der Waals surface area contributed by atoms with E-state index in [1.54, 1.807) is 30.5 Å². The Morgan fingerprint density at radius 2 is 1.84 bits per heavy atom. The molecule has 10 heteroatoms. The molecule has 0 aliphatic carbocycles. The fourth-order valence-corrected chi connectivity index (χ4v) is 4.68. The molecule has 3 aromatic heterocycles. The highest BCUT2D eigenvalue weighted by Crippen LogP contribution is 2.31. The van der Waals surface area contributed by atoms with Gasteiger partial charge in [0.1, 0.15) is 5.82 Å². The SMILES string of the molecule is C[C@@H](c1nnc(SCc2nnc(-c3ccco3)o2)n1-c1ccc(F)cc1)N1CCCCC1. The topological polar surface area (TPSA) is 86.0 Å². The monoisotopic (exact) mass is 454 g/mol. The van der Waals surface area contributed by atoms with E-state index >= 15 is 0 Å². The van der Waals surface area contributed by atoms with Gasteiger partial charge in [-0.1, -0.05) is 18.2 Å². The molecule has 1 saturated heterocycles. The molecule has 0 bridgehead atoms. The van der Waals surface area contributed by atoms with Crippen molar-refractivity contribution < 1.29 is 13.2 Å². The van der Waals surface area contributed by atoms with Crippen LogP contribution in [0.4, 0.5) is 4.39 Å². The molecule has 1 fully saturated rings. The van der Waals surface area contributed by atoms with Crippen LogP contribution in [0, 0.1) is 5.82 Å². The minimum Gasteiger partial charge on any atom is -0.459 e. The molecule has 0 spiro atoms. The van der Waals surface area contributed by atoms with Crippen LogP contribution in [0.15, 0.2) is 56.7 Å². The zero-order valence-corrected chi connectivity index (χ0v) is 18.5. The Kier molecular flexibility index (Phi) is 6.04. The average molecular weight is 455 g/mol. The van der Waals surface area contributed by atoms with Crippen LogP contribution >= 0.6 is 11.8 Å². The third-order valence-electron chi connectivity index (χ3n) is 5.58. The summed E-state index contributed by atoms with van der Waals surface area (Å²) >= 11 is 1.44. The van der Waals surface area contributed by atoms with E-state index in [1.165, 1.54) is 43.2 Å². The van der Waals surface area contributed by atoms with Crippen LogP contribution in [0.25, 0.3) is 17.3 Å². The molecule has 5 rings (SSSR count). The fourth-order valence-electron chi connectivity index (χ4n) is 3.89. The van der Waals surface area contributed by atoms with E-state index in [0.717, 1.165) is 24.6 Å². The minimum absolute atomic E-state index is 0.0937. The molecule has 4 heterocycles. The summed E-state index contributed by atoms with van der Waals surface area (Å²) in [6.45, 7) is 4.23. The summed E-state index contributed by atoms with van der Waals surface area (Å²) in [6.07, 6.45) is 5.20. The number of piperidine rings is 1. The van der Waals surface area contributed by atoms with Crippen LogP contribution < -0.4 is 0 Å². The number of thioether (sulfide) groups is 1. The van der Waals surface area contributed by atoms with Gasteiger partial charge in [-0.3, -0.25) is 9.47 Å². The van der Waals surface area contributed by atoms with Crippen molar-refractivity contribution in [2.24, 2.45) is 0 Å². The van der Waals surface area contributed by atoms with Gasteiger partial charge in [-0.25, -0.2) is 4.39 Å². The largest absolute Gasteiger partial charge is 0.459 e. The zero-order chi connectivity index (χ0) is 21.9. The number of aromatic nitrogens is 5. The first-order valence-electron chi connectivity index (χ1n) is 10.6. The molecule has 1 aromatic carbocycles. The zero-order valence-electron chi connectivity index (χ0n) is 17.6. The van der Waals surface area contributed by atoms with E-state index in [9.17, 15) is 4.39 Å². The lowest BCUT2D eigenvalue weighted by atomic mass is 10.1. The molecule has 166 valence electrons. The highest BCUT2D eigenvalue weighted by atomic mass is 32.2. The Labute approximate surface area is 188 Å². The molecule has 8 nitrogen and oxygen atoms in total. The lowest BCUT2D eigenvalue weighted by molar-refractivity contribution is 0.167. The summed E-state index contributed by atoms with van der Waals surface area (Å²) in [4.78, 5) is 2.43.